The van der Waals surface area contributed by atoms with Crippen LogP contribution in [0.15, 0.2) is 48.5 Å². The van der Waals surface area contributed by atoms with Crippen molar-refractivity contribution in [3.8, 4) is 5.75 Å². The summed E-state index contributed by atoms with van der Waals surface area (Å²) in [4.78, 5) is 46.2. The number of carbonyl (C=O) groups excluding carboxylic acids is 3. The van der Waals surface area contributed by atoms with E-state index >= 15 is 0 Å². The minimum atomic E-state index is -0.927. The number of methoxy groups -OCH3 is 1. The zero-order chi connectivity index (χ0) is 27.2. The highest BCUT2D eigenvalue weighted by Gasteiger charge is 2.36. The molecule has 9 heteroatoms. The molecule has 0 saturated heterocycles. The third kappa shape index (κ3) is 6.39. The summed E-state index contributed by atoms with van der Waals surface area (Å²) in [5.74, 6) is -0.0729. The molecule has 38 heavy (non-hydrogen) atoms. The number of thiazole rings is 1. The van der Waals surface area contributed by atoms with Crippen molar-refractivity contribution < 1.29 is 19.1 Å². The summed E-state index contributed by atoms with van der Waals surface area (Å²) in [5.41, 5.74) is 2.43. The van der Waals surface area contributed by atoms with Crippen LogP contribution in [0.25, 0.3) is 0 Å². The van der Waals surface area contributed by atoms with Crippen molar-refractivity contribution in [3.05, 3.63) is 69.7 Å². The lowest BCUT2D eigenvalue weighted by Gasteiger charge is -2.33. The first-order chi connectivity index (χ1) is 18.3. The van der Waals surface area contributed by atoms with Crippen LogP contribution in [0.2, 0.25) is 0 Å². The lowest BCUT2D eigenvalue weighted by atomic mass is 9.94. The number of aromatic nitrogens is 1. The maximum absolute atomic E-state index is 14.2. The molecule has 0 radical (unpaired) electrons. The number of ether oxygens (including phenoxy) is 1. The van der Waals surface area contributed by atoms with Crippen molar-refractivity contribution in [1.29, 1.82) is 0 Å². The molecule has 3 aromatic rings. The number of hydrogen-bond acceptors (Lipinski definition) is 6. The maximum Gasteiger partial charge on any atom is 0.271 e. The second-order valence-corrected chi connectivity index (χ2v) is 10.8. The highest BCUT2D eigenvalue weighted by atomic mass is 32.1. The fourth-order valence-electron chi connectivity index (χ4n) is 4.86. The van der Waals surface area contributed by atoms with E-state index in [1.807, 2.05) is 19.1 Å². The summed E-state index contributed by atoms with van der Waals surface area (Å²) in [6.45, 7) is 5.10. The SMILES string of the molecule is COc1ccc(C(C(=O)NC2CCCCC2)N(C(=O)c2sc(C)nc2C)c2ccc(NC(C)=O)cc2)cc1. The van der Waals surface area contributed by atoms with Gasteiger partial charge in [0.25, 0.3) is 5.91 Å². The third-order valence-corrected chi connectivity index (χ3v) is 7.73. The average Bonchev–Trinajstić information content (AvgIpc) is 3.25. The van der Waals surface area contributed by atoms with Gasteiger partial charge in [-0.05, 0) is 68.7 Å². The minimum Gasteiger partial charge on any atom is -0.497 e. The number of nitrogens with zero attached hydrogens (tertiary/aromatic N) is 2. The number of carbonyl (C=O) groups is 3. The highest BCUT2D eigenvalue weighted by molar-refractivity contribution is 7.13. The molecule has 1 heterocycles. The first-order valence-corrected chi connectivity index (χ1v) is 13.7. The first-order valence-electron chi connectivity index (χ1n) is 12.9. The van der Waals surface area contributed by atoms with Gasteiger partial charge in [-0.1, -0.05) is 31.4 Å². The monoisotopic (exact) mass is 534 g/mol. The summed E-state index contributed by atoms with van der Waals surface area (Å²) in [6.07, 6.45) is 5.17. The molecule has 2 N–H and O–H groups in total. The molecule has 0 spiro atoms. The van der Waals surface area contributed by atoms with Crippen LogP contribution in [0.5, 0.6) is 5.75 Å². The second-order valence-electron chi connectivity index (χ2n) is 9.57. The van der Waals surface area contributed by atoms with E-state index in [4.69, 9.17) is 4.74 Å². The van der Waals surface area contributed by atoms with Crippen molar-refractivity contribution >= 4 is 40.4 Å². The topological polar surface area (TPSA) is 101 Å². The van der Waals surface area contributed by atoms with E-state index in [-0.39, 0.29) is 23.8 Å². The number of hydrogen-bond donors (Lipinski definition) is 2. The second kappa shape index (κ2) is 12.2. The van der Waals surface area contributed by atoms with E-state index < -0.39 is 6.04 Å². The van der Waals surface area contributed by atoms with Gasteiger partial charge < -0.3 is 15.4 Å². The van der Waals surface area contributed by atoms with E-state index in [9.17, 15) is 14.4 Å². The Labute approximate surface area is 227 Å². The third-order valence-electron chi connectivity index (χ3n) is 6.67. The summed E-state index contributed by atoms with van der Waals surface area (Å²) in [7, 11) is 1.59. The zero-order valence-electron chi connectivity index (χ0n) is 22.2. The van der Waals surface area contributed by atoms with Gasteiger partial charge in [0.1, 0.15) is 16.7 Å². The van der Waals surface area contributed by atoms with Crippen molar-refractivity contribution in [2.75, 3.05) is 17.3 Å². The standard InChI is InChI=1S/C29H34N4O4S/c1-18-27(38-20(3)30-18)29(36)33(24-14-12-23(13-15-24)31-19(2)34)26(21-10-16-25(37-4)17-11-21)28(35)32-22-8-6-5-7-9-22/h10-17,22,26H,5-9H2,1-4H3,(H,31,34)(H,32,35). The smallest absolute Gasteiger partial charge is 0.271 e. The zero-order valence-corrected chi connectivity index (χ0v) is 23.1. The Morgan fingerprint density at radius 3 is 2.21 bits per heavy atom. The van der Waals surface area contributed by atoms with Crippen molar-refractivity contribution in [2.45, 2.75) is 65.0 Å². The Morgan fingerprint density at radius 1 is 1.00 bits per heavy atom. The summed E-state index contributed by atoms with van der Waals surface area (Å²) < 4.78 is 5.33. The van der Waals surface area contributed by atoms with Crippen LogP contribution >= 0.6 is 11.3 Å². The molecule has 1 saturated carbocycles. The largest absolute Gasteiger partial charge is 0.497 e. The van der Waals surface area contributed by atoms with Gasteiger partial charge in [-0.3, -0.25) is 19.3 Å². The number of rotatable bonds is 8. The number of anilines is 2. The Balaban J connectivity index is 1.81. The number of nitrogens with one attached hydrogen (secondary N) is 2. The molecule has 2 aromatic carbocycles. The molecule has 1 aromatic heterocycles. The average molecular weight is 535 g/mol. The fraction of sp³-hybridized carbons (Fsp3) is 0.379. The van der Waals surface area contributed by atoms with Crippen LogP contribution in [0.3, 0.4) is 0 Å². The molecule has 200 valence electrons. The van der Waals surface area contributed by atoms with E-state index in [2.05, 4.69) is 15.6 Å². The van der Waals surface area contributed by atoms with Gasteiger partial charge in [0.2, 0.25) is 11.8 Å². The Morgan fingerprint density at radius 2 is 1.66 bits per heavy atom. The number of aryl methyl sites for hydroxylation is 2. The van der Waals surface area contributed by atoms with Gasteiger partial charge in [-0.25, -0.2) is 4.98 Å². The van der Waals surface area contributed by atoms with Crippen LogP contribution in [-0.4, -0.2) is 35.9 Å². The van der Waals surface area contributed by atoms with Gasteiger partial charge >= 0.3 is 0 Å². The van der Waals surface area contributed by atoms with Gasteiger partial charge in [0.05, 0.1) is 17.8 Å². The van der Waals surface area contributed by atoms with Crippen LogP contribution in [0.4, 0.5) is 11.4 Å². The van der Waals surface area contributed by atoms with Gasteiger partial charge in [-0.2, -0.15) is 0 Å². The molecular formula is C29H34N4O4S. The Kier molecular flexibility index (Phi) is 8.78. The molecule has 1 aliphatic carbocycles. The lowest BCUT2D eigenvalue weighted by molar-refractivity contribution is -0.123. The normalized spacial score (nSPS) is 14.4. The highest BCUT2D eigenvalue weighted by Crippen LogP contribution is 2.34. The van der Waals surface area contributed by atoms with Crippen molar-refractivity contribution in [3.63, 3.8) is 0 Å². The molecular weight excluding hydrogens is 500 g/mol. The van der Waals surface area contributed by atoms with Crippen molar-refractivity contribution in [2.24, 2.45) is 0 Å². The summed E-state index contributed by atoms with van der Waals surface area (Å²) >= 11 is 1.31. The van der Waals surface area contributed by atoms with Crippen LogP contribution in [0.1, 0.15) is 71.0 Å². The first kappa shape index (κ1) is 27.3. The molecule has 1 aliphatic rings. The molecule has 8 nitrogen and oxygen atoms in total. The molecule has 0 bridgehead atoms. The molecule has 1 unspecified atom stereocenters. The van der Waals surface area contributed by atoms with Crippen LogP contribution < -0.4 is 20.3 Å². The summed E-state index contributed by atoms with van der Waals surface area (Å²) in [6, 6.07) is 13.3. The van der Waals surface area contributed by atoms with Gasteiger partial charge in [0.15, 0.2) is 0 Å². The predicted octanol–water partition coefficient (Wildman–Crippen LogP) is 5.56. The number of benzene rings is 2. The van der Waals surface area contributed by atoms with Gasteiger partial charge in [0, 0.05) is 24.3 Å². The van der Waals surface area contributed by atoms with Crippen molar-refractivity contribution in [1.82, 2.24) is 10.3 Å². The Hall–Kier alpha value is -3.72. The Bertz CT molecular complexity index is 1280. The fourth-order valence-corrected chi connectivity index (χ4v) is 5.72. The van der Waals surface area contributed by atoms with Crippen LogP contribution in [-0.2, 0) is 9.59 Å². The molecule has 1 atom stereocenters. The lowest BCUT2D eigenvalue weighted by Crippen LogP contribution is -2.47. The molecule has 0 aliphatic heterocycles. The number of amides is 3. The van der Waals surface area contributed by atoms with E-state index in [1.54, 1.807) is 50.4 Å². The molecule has 4 rings (SSSR count). The maximum atomic E-state index is 14.2. The molecule has 3 amide bonds. The quantitative estimate of drug-likeness (QED) is 0.394. The van der Waals surface area contributed by atoms with E-state index in [0.717, 1.165) is 30.7 Å². The van der Waals surface area contributed by atoms with Crippen LogP contribution in [0, 0.1) is 13.8 Å². The van der Waals surface area contributed by atoms with E-state index in [0.29, 0.717) is 33.3 Å². The predicted molar refractivity (Wildman–Crippen MR) is 150 cm³/mol. The molecule has 1 fully saturated rings. The minimum absolute atomic E-state index is 0.0727. The summed E-state index contributed by atoms with van der Waals surface area (Å²) in [5, 5.41) is 6.76. The van der Waals surface area contributed by atoms with Gasteiger partial charge in [-0.15, -0.1) is 11.3 Å². The van der Waals surface area contributed by atoms with E-state index in [1.165, 1.54) is 29.6 Å².